The number of methoxy groups -OCH3 is 1. The van der Waals surface area contributed by atoms with Crippen molar-refractivity contribution < 1.29 is 23.8 Å². The Balaban J connectivity index is 3.90. The average molecular weight is 289 g/mol. The molecule has 6 nitrogen and oxygen atoms in total. The molecule has 0 aliphatic carbocycles. The molecule has 0 N–H and O–H groups in total. The molecular weight excluding hydrogens is 262 g/mol. The summed E-state index contributed by atoms with van der Waals surface area (Å²) in [5, 5.41) is 0. The van der Waals surface area contributed by atoms with Gasteiger partial charge in [-0.25, -0.2) is 4.79 Å². The molecule has 20 heavy (non-hydrogen) atoms. The van der Waals surface area contributed by atoms with Crippen LogP contribution in [0.3, 0.4) is 0 Å². The van der Waals surface area contributed by atoms with Gasteiger partial charge in [-0.1, -0.05) is 13.8 Å². The quantitative estimate of drug-likeness (QED) is 0.455. The molecule has 0 rings (SSSR count). The molecule has 0 radical (unpaired) electrons. The monoisotopic (exact) mass is 289 g/mol. The molecule has 0 bridgehead atoms. The minimum absolute atomic E-state index is 0.0794. The topological polar surface area (TPSA) is 65.1 Å². The molecule has 0 aromatic carbocycles. The predicted octanol–water partition coefficient (Wildman–Crippen LogP) is 2.07. The summed E-state index contributed by atoms with van der Waals surface area (Å²) in [5.41, 5.74) is 0. The first-order chi connectivity index (χ1) is 9.51. The Kier molecular flexibility index (Phi) is 10.8. The zero-order valence-corrected chi connectivity index (χ0v) is 13.0. The third-order valence-corrected chi connectivity index (χ3v) is 2.66. The maximum atomic E-state index is 11.6. The number of carbonyl (C=O) groups is 2. The molecule has 0 spiro atoms. The molecule has 0 fully saturated rings. The van der Waals surface area contributed by atoms with Crippen LogP contribution >= 0.6 is 0 Å². The minimum Gasteiger partial charge on any atom is -0.464 e. The van der Waals surface area contributed by atoms with Crippen molar-refractivity contribution in [2.45, 2.75) is 33.6 Å². The normalized spacial score (nSPS) is 10.4. The fourth-order valence-corrected chi connectivity index (χ4v) is 1.49. The number of likely N-dealkylation sites (N-methyl/N-ethyl adjacent to an activating group) is 1. The highest BCUT2D eigenvalue weighted by Gasteiger charge is 2.17. The Bertz CT molecular complexity index is 281. The van der Waals surface area contributed by atoms with E-state index < -0.39 is 12.1 Å². The third-order valence-electron chi connectivity index (χ3n) is 2.66. The first-order valence-electron chi connectivity index (χ1n) is 7.07. The van der Waals surface area contributed by atoms with Crippen molar-refractivity contribution in [1.29, 1.82) is 0 Å². The average Bonchev–Trinajstić information content (AvgIpc) is 2.40. The fourth-order valence-electron chi connectivity index (χ4n) is 1.49. The Morgan fingerprint density at radius 2 is 1.80 bits per heavy atom. The second-order valence-electron chi connectivity index (χ2n) is 4.88. The maximum Gasteiger partial charge on any atom is 0.410 e. The van der Waals surface area contributed by atoms with Gasteiger partial charge in [0.2, 0.25) is 0 Å². The largest absolute Gasteiger partial charge is 0.464 e. The highest BCUT2D eigenvalue weighted by atomic mass is 16.6. The van der Waals surface area contributed by atoms with E-state index in [9.17, 15) is 9.59 Å². The number of esters is 1. The van der Waals surface area contributed by atoms with Crippen LogP contribution in [0.25, 0.3) is 0 Å². The highest BCUT2D eigenvalue weighted by Crippen LogP contribution is 2.03. The van der Waals surface area contributed by atoms with Crippen LogP contribution in [0.2, 0.25) is 0 Å². The van der Waals surface area contributed by atoms with E-state index in [0.717, 1.165) is 12.8 Å². The van der Waals surface area contributed by atoms with Crippen LogP contribution in [0, 0.1) is 5.92 Å². The van der Waals surface area contributed by atoms with Crippen LogP contribution in [-0.2, 0) is 19.0 Å². The number of amides is 1. The molecular formula is C14H27NO5. The summed E-state index contributed by atoms with van der Waals surface area (Å²) in [5.74, 6) is 0.191. The summed E-state index contributed by atoms with van der Waals surface area (Å²) in [6.45, 7) is 7.25. The molecule has 0 aromatic rings. The lowest BCUT2D eigenvalue weighted by Crippen LogP contribution is -2.37. The Hall–Kier alpha value is -1.30. The molecule has 0 saturated carbocycles. The lowest BCUT2D eigenvalue weighted by atomic mass is 10.1. The zero-order chi connectivity index (χ0) is 15.4. The number of carbonyl (C=O) groups excluding carboxylic acids is 2. The fraction of sp³-hybridized carbons (Fsp3) is 0.857. The zero-order valence-electron chi connectivity index (χ0n) is 13.0. The summed E-state index contributed by atoms with van der Waals surface area (Å²) in [6, 6.07) is 0. The maximum absolute atomic E-state index is 11.6. The summed E-state index contributed by atoms with van der Waals surface area (Å²) in [7, 11) is 1.53. The molecule has 0 aromatic heterocycles. The minimum atomic E-state index is -0.524. The van der Waals surface area contributed by atoms with Gasteiger partial charge in [-0.2, -0.15) is 0 Å². The van der Waals surface area contributed by atoms with Gasteiger partial charge in [0.25, 0.3) is 0 Å². The second-order valence-corrected chi connectivity index (χ2v) is 4.88. The molecule has 0 unspecified atom stereocenters. The number of hydrogen-bond acceptors (Lipinski definition) is 5. The molecule has 118 valence electrons. The SMILES string of the molecule is CCN(CC(=O)OCCCC(C)C)C(=O)OCCOC. The summed E-state index contributed by atoms with van der Waals surface area (Å²) >= 11 is 0. The van der Waals surface area contributed by atoms with Crippen molar-refractivity contribution >= 4 is 12.1 Å². The van der Waals surface area contributed by atoms with Gasteiger partial charge in [-0.15, -0.1) is 0 Å². The second kappa shape index (κ2) is 11.5. The first kappa shape index (κ1) is 18.7. The summed E-state index contributed by atoms with van der Waals surface area (Å²) < 4.78 is 14.8. The highest BCUT2D eigenvalue weighted by molar-refractivity contribution is 5.78. The molecule has 6 heteroatoms. The van der Waals surface area contributed by atoms with E-state index >= 15 is 0 Å². The summed E-state index contributed by atoms with van der Waals surface area (Å²) in [4.78, 5) is 24.5. The van der Waals surface area contributed by atoms with E-state index in [1.54, 1.807) is 6.92 Å². The Labute approximate surface area is 121 Å². The standard InChI is InChI=1S/C14H27NO5/c1-5-15(14(17)20-10-9-18-4)11-13(16)19-8-6-7-12(2)3/h12H,5-11H2,1-4H3. The molecule has 0 aliphatic rings. The van der Waals surface area contributed by atoms with Crippen LogP contribution in [0.4, 0.5) is 4.79 Å². The Morgan fingerprint density at radius 3 is 2.35 bits per heavy atom. The molecule has 0 saturated heterocycles. The third kappa shape index (κ3) is 9.61. The Morgan fingerprint density at radius 1 is 1.10 bits per heavy atom. The molecule has 1 amide bonds. The lowest BCUT2D eigenvalue weighted by Gasteiger charge is -2.19. The van der Waals surface area contributed by atoms with E-state index in [1.165, 1.54) is 12.0 Å². The number of nitrogens with zero attached hydrogens (tertiary/aromatic N) is 1. The van der Waals surface area contributed by atoms with Gasteiger partial charge in [0.1, 0.15) is 13.2 Å². The number of ether oxygens (including phenoxy) is 3. The van der Waals surface area contributed by atoms with Crippen LogP contribution < -0.4 is 0 Å². The van der Waals surface area contributed by atoms with E-state index in [-0.39, 0.29) is 13.2 Å². The molecule has 0 atom stereocenters. The van der Waals surface area contributed by atoms with E-state index in [2.05, 4.69) is 13.8 Å². The van der Waals surface area contributed by atoms with E-state index in [0.29, 0.717) is 25.7 Å². The smallest absolute Gasteiger partial charge is 0.410 e. The van der Waals surface area contributed by atoms with Crippen LogP contribution in [0.5, 0.6) is 0 Å². The van der Waals surface area contributed by atoms with Gasteiger partial charge in [0, 0.05) is 13.7 Å². The van der Waals surface area contributed by atoms with E-state index in [1.807, 2.05) is 0 Å². The van der Waals surface area contributed by atoms with Gasteiger partial charge in [-0.05, 0) is 25.7 Å². The van der Waals surface area contributed by atoms with Gasteiger partial charge in [0.05, 0.1) is 13.2 Å². The van der Waals surface area contributed by atoms with E-state index in [4.69, 9.17) is 14.2 Å². The van der Waals surface area contributed by atoms with Crippen molar-refractivity contribution in [3.8, 4) is 0 Å². The van der Waals surface area contributed by atoms with Crippen LogP contribution in [0.15, 0.2) is 0 Å². The number of hydrogen-bond donors (Lipinski definition) is 0. The lowest BCUT2D eigenvalue weighted by molar-refractivity contribution is -0.144. The van der Waals surface area contributed by atoms with Gasteiger partial charge in [0.15, 0.2) is 0 Å². The summed E-state index contributed by atoms with van der Waals surface area (Å²) in [6.07, 6.45) is 1.33. The van der Waals surface area contributed by atoms with Crippen molar-refractivity contribution in [2.24, 2.45) is 5.92 Å². The van der Waals surface area contributed by atoms with Crippen molar-refractivity contribution in [3.63, 3.8) is 0 Å². The van der Waals surface area contributed by atoms with Gasteiger partial charge in [-0.3, -0.25) is 9.69 Å². The van der Waals surface area contributed by atoms with Crippen molar-refractivity contribution in [1.82, 2.24) is 4.90 Å². The van der Waals surface area contributed by atoms with Gasteiger partial charge < -0.3 is 14.2 Å². The molecule has 0 heterocycles. The number of rotatable bonds is 10. The molecule has 0 aliphatic heterocycles. The first-order valence-corrected chi connectivity index (χ1v) is 7.07. The predicted molar refractivity (Wildman–Crippen MR) is 75.5 cm³/mol. The van der Waals surface area contributed by atoms with Crippen LogP contribution in [0.1, 0.15) is 33.6 Å². The van der Waals surface area contributed by atoms with Crippen LogP contribution in [-0.4, -0.2) is 57.0 Å². The van der Waals surface area contributed by atoms with Gasteiger partial charge >= 0.3 is 12.1 Å². The van der Waals surface area contributed by atoms with Crippen molar-refractivity contribution in [2.75, 3.05) is 40.0 Å². The van der Waals surface area contributed by atoms with Crippen molar-refractivity contribution in [3.05, 3.63) is 0 Å².